The van der Waals surface area contributed by atoms with Gasteiger partial charge in [0.2, 0.25) is 5.91 Å². The molecule has 0 aliphatic heterocycles. The summed E-state index contributed by atoms with van der Waals surface area (Å²) >= 11 is 6.99. The third-order valence-corrected chi connectivity index (χ3v) is 6.36. The first-order chi connectivity index (χ1) is 14.6. The molecule has 4 rings (SSSR count). The third kappa shape index (κ3) is 4.41. The molecule has 1 aromatic carbocycles. The van der Waals surface area contributed by atoms with Gasteiger partial charge in [0.25, 0.3) is 0 Å². The first kappa shape index (κ1) is 20.6. The summed E-state index contributed by atoms with van der Waals surface area (Å²) in [6, 6.07) is 9.92. The average Bonchev–Trinajstić information content (AvgIpc) is 3.32. The van der Waals surface area contributed by atoms with Crippen molar-refractivity contribution in [3.63, 3.8) is 0 Å². The van der Waals surface area contributed by atoms with Crippen molar-refractivity contribution in [2.24, 2.45) is 0 Å². The number of H-pyrrole nitrogens is 1. The van der Waals surface area contributed by atoms with Crippen LogP contribution in [0.4, 0.5) is 0 Å². The van der Waals surface area contributed by atoms with E-state index in [4.69, 9.17) is 21.7 Å². The SMILES string of the molecule is COc1ccc(OC)c(CN(C(=O)CCn2c(-c3cccs3)n[nH]c2=S)C2CC2)c1. The second-order valence-corrected chi connectivity index (χ2v) is 8.50. The lowest BCUT2D eigenvalue weighted by atomic mass is 10.1. The number of aromatic amines is 1. The van der Waals surface area contributed by atoms with Crippen LogP contribution in [0.3, 0.4) is 0 Å². The van der Waals surface area contributed by atoms with E-state index in [-0.39, 0.29) is 11.9 Å². The van der Waals surface area contributed by atoms with Crippen molar-refractivity contribution < 1.29 is 14.3 Å². The zero-order chi connectivity index (χ0) is 21.1. The molecule has 9 heteroatoms. The highest BCUT2D eigenvalue weighted by Gasteiger charge is 2.33. The minimum atomic E-state index is 0.0996. The number of hydrogen-bond acceptors (Lipinski definition) is 6. The second-order valence-electron chi connectivity index (χ2n) is 7.16. The van der Waals surface area contributed by atoms with Gasteiger partial charge in [-0.3, -0.25) is 14.5 Å². The smallest absolute Gasteiger partial charge is 0.224 e. The van der Waals surface area contributed by atoms with Crippen LogP contribution >= 0.6 is 23.6 Å². The van der Waals surface area contributed by atoms with E-state index in [1.165, 1.54) is 0 Å². The van der Waals surface area contributed by atoms with Crippen LogP contribution in [-0.4, -0.2) is 45.8 Å². The van der Waals surface area contributed by atoms with Crippen LogP contribution in [0.25, 0.3) is 10.7 Å². The van der Waals surface area contributed by atoms with Gasteiger partial charge in [-0.25, -0.2) is 0 Å². The van der Waals surface area contributed by atoms with E-state index in [2.05, 4.69) is 10.2 Å². The zero-order valence-electron chi connectivity index (χ0n) is 17.0. The highest BCUT2D eigenvalue weighted by atomic mass is 32.1. The molecule has 7 nitrogen and oxygen atoms in total. The molecule has 30 heavy (non-hydrogen) atoms. The number of aromatic nitrogens is 3. The molecule has 0 bridgehead atoms. The lowest BCUT2D eigenvalue weighted by Gasteiger charge is -2.24. The number of ether oxygens (including phenoxy) is 2. The van der Waals surface area contributed by atoms with E-state index < -0.39 is 0 Å². The highest BCUT2D eigenvalue weighted by molar-refractivity contribution is 7.71. The van der Waals surface area contributed by atoms with Crippen LogP contribution in [0, 0.1) is 4.77 Å². The Bertz CT molecular complexity index is 1070. The van der Waals surface area contributed by atoms with Gasteiger partial charge in [0.15, 0.2) is 10.6 Å². The maximum Gasteiger partial charge on any atom is 0.224 e. The Labute approximate surface area is 184 Å². The molecule has 1 fully saturated rings. The molecular weight excluding hydrogens is 420 g/mol. The minimum Gasteiger partial charge on any atom is -0.497 e. The van der Waals surface area contributed by atoms with Gasteiger partial charge in [-0.1, -0.05) is 6.07 Å². The summed E-state index contributed by atoms with van der Waals surface area (Å²) in [5, 5.41) is 9.19. The molecule has 1 aliphatic carbocycles. The number of nitrogens with one attached hydrogen (secondary N) is 1. The van der Waals surface area contributed by atoms with Crippen molar-refractivity contribution >= 4 is 29.5 Å². The Kier molecular flexibility index (Phi) is 6.19. The highest BCUT2D eigenvalue weighted by Crippen LogP contribution is 2.32. The van der Waals surface area contributed by atoms with E-state index in [0.717, 1.165) is 40.6 Å². The van der Waals surface area contributed by atoms with Gasteiger partial charge in [0.05, 0.1) is 19.1 Å². The number of hydrogen-bond donors (Lipinski definition) is 1. The van der Waals surface area contributed by atoms with Crippen LogP contribution in [-0.2, 0) is 17.9 Å². The van der Waals surface area contributed by atoms with E-state index >= 15 is 0 Å². The van der Waals surface area contributed by atoms with Gasteiger partial charge >= 0.3 is 0 Å². The molecule has 0 atom stereocenters. The Balaban J connectivity index is 1.50. The maximum atomic E-state index is 13.2. The van der Waals surface area contributed by atoms with Gasteiger partial charge in [-0.15, -0.1) is 11.3 Å². The molecule has 1 aliphatic rings. The molecule has 0 unspecified atom stereocenters. The lowest BCUT2D eigenvalue weighted by Crippen LogP contribution is -2.33. The standard InChI is InChI=1S/C21H24N4O3S2/c1-27-16-7-8-17(28-2)14(12-16)13-25(15-5-6-15)19(26)9-10-24-20(22-23-21(24)29)18-4-3-11-30-18/h3-4,7-8,11-12,15H,5-6,9-10,13H2,1-2H3,(H,23,29). The quantitative estimate of drug-likeness (QED) is 0.499. The van der Waals surface area contributed by atoms with Crippen LogP contribution in [0.15, 0.2) is 35.7 Å². The monoisotopic (exact) mass is 444 g/mol. The topological polar surface area (TPSA) is 72.4 Å². The molecule has 3 aromatic rings. The summed E-state index contributed by atoms with van der Waals surface area (Å²) in [5.74, 6) is 2.38. The van der Waals surface area contributed by atoms with Crippen molar-refractivity contribution in [3.05, 3.63) is 46.0 Å². The van der Waals surface area contributed by atoms with E-state index in [0.29, 0.717) is 24.3 Å². The molecule has 0 saturated heterocycles. The molecule has 1 N–H and O–H groups in total. The minimum absolute atomic E-state index is 0.0996. The van der Waals surface area contributed by atoms with Crippen molar-refractivity contribution in [2.45, 2.75) is 38.4 Å². The van der Waals surface area contributed by atoms with Gasteiger partial charge in [0.1, 0.15) is 11.5 Å². The normalized spacial score (nSPS) is 13.3. The number of carbonyl (C=O) groups excluding carboxylic acids is 1. The van der Waals surface area contributed by atoms with Crippen LogP contribution in [0.1, 0.15) is 24.8 Å². The number of thiophene rings is 1. The molecule has 0 radical (unpaired) electrons. The molecule has 0 spiro atoms. The first-order valence-electron chi connectivity index (χ1n) is 9.80. The Hall–Kier alpha value is -2.65. The van der Waals surface area contributed by atoms with Gasteiger partial charge in [-0.05, 0) is 54.7 Å². The number of rotatable bonds is 9. The summed E-state index contributed by atoms with van der Waals surface area (Å²) in [6.07, 6.45) is 2.42. The summed E-state index contributed by atoms with van der Waals surface area (Å²) in [5.41, 5.74) is 0.941. The summed E-state index contributed by atoms with van der Waals surface area (Å²) < 4.78 is 13.3. The molecule has 158 valence electrons. The Morgan fingerprint density at radius 1 is 1.33 bits per heavy atom. The maximum absolute atomic E-state index is 13.2. The largest absolute Gasteiger partial charge is 0.497 e. The first-order valence-corrected chi connectivity index (χ1v) is 11.1. The number of nitrogens with zero attached hydrogens (tertiary/aromatic N) is 3. The number of benzene rings is 1. The van der Waals surface area contributed by atoms with E-state index in [1.54, 1.807) is 25.6 Å². The third-order valence-electron chi connectivity index (χ3n) is 5.19. The fourth-order valence-corrected chi connectivity index (χ4v) is 4.41. The van der Waals surface area contributed by atoms with Crippen molar-refractivity contribution in [1.82, 2.24) is 19.7 Å². The summed E-state index contributed by atoms with van der Waals surface area (Å²) in [4.78, 5) is 16.1. The van der Waals surface area contributed by atoms with E-state index in [9.17, 15) is 4.79 Å². The zero-order valence-corrected chi connectivity index (χ0v) is 18.6. The van der Waals surface area contributed by atoms with Crippen molar-refractivity contribution in [1.29, 1.82) is 0 Å². The fraction of sp³-hybridized carbons (Fsp3) is 0.381. The Morgan fingerprint density at radius 3 is 2.83 bits per heavy atom. The predicted molar refractivity (Wildman–Crippen MR) is 118 cm³/mol. The van der Waals surface area contributed by atoms with Gasteiger partial charge < -0.3 is 14.4 Å². The molecule has 1 amide bonds. The molecule has 1 saturated carbocycles. The molecular formula is C21H24N4O3S2. The average molecular weight is 445 g/mol. The van der Waals surface area contributed by atoms with Crippen molar-refractivity contribution in [2.75, 3.05) is 14.2 Å². The van der Waals surface area contributed by atoms with E-state index in [1.807, 2.05) is 45.2 Å². The fourth-order valence-electron chi connectivity index (χ4n) is 3.47. The number of amides is 1. The molecule has 2 aromatic heterocycles. The second kappa shape index (κ2) is 9.01. The predicted octanol–water partition coefficient (Wildman–Crippen LogP) is 4.27. The van der Waals surface area contributed by atoms with Gasteiger partial charge in [0, 0.05) is 31.1 Å². The van der Waals surface area contributed by atoms with Crippen LogP contribution < -0.4 is 9.47 Å². The van der Waals surface area contributed by atoms with Crippen molar-refractivity contribution in [3.8, 4) is 22.2 Å². The van der Waals surface area contributed by atoms with Gasteiger partial charge in [-0.2, -0.15) is 5.10 Å². The van der Waals surface area contributed by atoms with Crippen LogP contribution in [0.2, 0.25) is 0 Å². The lowest BCUT2D eigenvalue weighted by molar-refractivity contribution is -0.132. The molecule has 2 heterocycles. The Morgan fingerprint density at radius 2 is 2.17 bits per heavy atom. The van der Waals surface area contributed by atoms with Crippen LogP contribution in [0.5, 0.6) is 11.5 Å². The number of methoxy groups -OCH3 is 2. The summed E-state index contributed by atoms with van der Waals surface area (Å²) in [7, 11) is 3.27. The number of carbonyl (C=O) groups is 1. The summed E-state index contributed by atoms with van der Waals surface area (Å²) in [6.45, 7) is 0.984.